The van der Waals surface area contributed by atoms with E-state index < -0.39 is 0 Å². The molecule has 0 aliphatic carbocycles. The molecule has 1 saturated heterocycles. The van der Waals surface area contributed by atoms with Gasteiger partial charge < -0.3 is 9.80 Å². The second-order valence-electron chi connectivity index (χ2n) is 10.2. The van der Waals surface area contributed by atoms with E-state index in [9.17, 15) is 4.79 Å². The lowest BCUT2D eigenvalue weighted by Gasteiger charge is -2.49. The Morgan fingerprint density at radius 1 is 0.941 bits per heavy atom. The largest absolute Gasteiger partial charge is 0.320 e. The van der Waals surface area contributed by atoms with Gasteiger partial charge in [-0.1, -0.05) is 85.3 Å². The minimum absolute atomic E-state index is 0.0909. The predicted octanol–water partition coefficient (Wildman–Crippen LogP) is 6.92. The van der Waals surface area contributed by atoms with Crippen LogP contribution in [0.15, 0.2) is 72.8 Å². The van der Waals surface area contributed by atoms with Gasteiger partial charge in [-0.05, 0) is 50.3 Å². The van der Waals surface area contributed by atoms with Crippen molar-refractivity contribution in [2.24, 2.45) is 0 Å². The summed E-state index contributed by atoms with van der Waals surface area (Å²) in [6.07, 6.45) is 3.15. The topological polar surface area (TPSA) is 29.1 Å². The van der Waals surface area contributed by atoms with Gasteiger partial charge in [-0.25, -0.2) is 0 Å². The number of para-hydroxylation sites is 1. The third kappa shape index (κ3) is 5.26. The van der Waals surface area contributed by atoms with Gasteiger partial charge in [0.15, 0.2) is 6.04 Å². The van der Waals surface area contributed by atoms with Crippen molar-refractivity contribution in [2.75, 3.05) is 18.4 Å². The highest BCUT2D eigenvalue weighted by Gasteiger charge is 2.45. The average Bonchev–Trinajstić information content (AvgIpc) is 2.84. The first-order valence-electron chi connectivity index (χ1n) is 12.7. The van der Waals surface area contributed by atoms with Crippen LogP contribution >= 0.6 is 0 Å². The second kappa shape index (κ2) is 10.6. The van der Waals surface area contributed by atoms with Crippen molar-refractivity contribution in [3.8, 4) is 0 Å². The Morgan fingerprint density at radius 2 is 1.62 bits per heavy atom. The van der Waals surface area contributed by atoms with Gasteiger partial charge in [-0.2, -0.15) is 0 Å². The van der Waals surface area contributed by atoms with Crippen LogP contribution in [0.2, 0.25) is 0 Å². The van der Waals surface area contributed by atoms with Crippen LogP contribution in [0.1, 0.15) is 59.9 Å². The molecule has 34 heavy (non-hydrogen) atoms. The van der Waals surface area contributed by atoms with Gasteiger partial charge in [0.2, 0.25) is 0 Å². The summed E-state index contributed by atoms with van der Waals surface area (Å²) in [5, 5.41) is 3.35. The minimum atomic E-state index is -0.0909. The van der Waals surface area contributed by atoms with Crippen molar-refractivity contribution >= 4 is 11.6 Å². The minimum Gasteiger partial charge on any atom is -0.320 e. The molecule has 1 N–H and O–H groups in total. The Labute approximate surface area is 205 Å². The summed E-state index contributed by atoms with van der Waals surface area (Å²) >= 11 is 0. The van der Waals surface area contributed by atoms with Crippen LogP contribution < -0.4 is 5.32 Å². The van der Waals surface area contributed by atoms with Crippen LogP contribution in [0.5, 0.6) is 0 Å². The Bertz CT molecular complexity index is 1090. The van der Waals surface area contributed by atoms with Crippen LogP contribution in [0.4, 0.5) is 5.69 Å². The number of carbonyl (C=O) groups is 1. The average molecular weight is 456 g/mol. The molecule has 3 nitrogen and oxygen atoms in total. The zero-order chi connectivity index (χ0) is 24.1. The van der Waals surface area contributed by atoms with Crippen LogP contribution in [0, 0.1) is 20.8 Å². The fraction of sp³-hybridized carbons (Fsp3) is 0.387. The van der Waals surface area contributed by atoms with Gasteiger partial charge >= 0.3 is 0 Å². The van der Waals surface area contributed by atoms with E-state index in [-0.39, 0.29) is 11.9 Å². The summed E-state index contributed by atoms with van der Waals surface area (Å²) in [4.78, 5) is 13.9. The molecule has 0 radical (unpaired) electrons. The molecule has 1 aliphatic heterocycles. The first kappa shape index (κ1) is 24.2. The van der Waals surface area contributed by atoms with Crippen molar-refractivity contribution in [1.29, 1.82) is 0 Å². The molecule has 3 unspecified atom stereocenters. The monoisotopic (exact) mass is 455 g/mol. The number of aryl methyl sites for hydroxylation is 3. The van der Waals surface area contributed by atoms with E-state index in [1.54, 1.807) is 0 Å². The molecule has 0 spiro atoms. The van der Waals surface area contributed by atoms with E-state index in [1.807, 2.05) is 0 Å². The third-order valence-corrected chi connectivity index (χ3v) is 7.71. The number of quaternary nitrogens is 1. The fourth-order valence-corrected chi connectivity index (χ4v) is 5.90. The molecule has 4 rings (SSSR count). The predicted molar refractivity (Wildman–Crippen MR) is 142 cm³/mol. The number of likely N-dealkylation sites (tertiary alicyclic amines) is 1. The number of nitrogens with one attached hydrogen (secondary N) is 1. The van der Waals surface area contributed by atoms with Crippen molar-refractivity contribution in [3.63, 3.8) is 0 Å². The normalized spacial score (nSPS) is 21.1. The van der Waals surface area contributed by atoms with Crippen LogP contribution in [-0.2, 0) is 11.3 Å². The van der Waals surface area contributed by atoms with E-state index in [0.29, 0.717) is 5.92 Å². The molecule has 0 aromatic heterocycles. The molecule has 178 valence electrons. The highest BCUT2D eigenvalue weighted by molar-refractivity contribution is 5.95. The molecule has 3 heteroatoms. The third-order valence-electron chi connectivity index (χ3n) is 7.71. The van der Waals surface area contributed by atoms with Crippen molar-refractivity contribution in [2.45, 2.75) is 65.5 Å². The molecular weight excluding hydrogens is 416 g/mol. The lowest BCUT2D eigenvalue weighted by molar-refractivity contribution is -0.960. The lowest BCUT2D eigenvalue weighted by Crippen LogP contribution is -2.62. The Balaban J connectivity index is 1.69. The molecule has 3 aromatic carbocycles. The lowest BCUT2D eigenvalue weighted by atomic mass is 9.86. The van der Waals surface area contributed by atoms with E-state index in [2.05, 4.69) is 106 Å². The fourth-order valence-electron chi connectivity index (χ4n) is 5.90. The zero-order valence-electron chi connectivity index (χ0n) is 21.2. The highest BCUT2D eigenvalue weighted by Crippen LogP contribution is 2.36. The standard InChI is InChI=1S/C31H38N2O/c1-5-29(31(34)32-30-24(3)11-9-12-25(30)4)33(21-26-18-16-23(2)17-19-26)20-10-15-28(22-33)27-13-7-6-8-14-27/h6-9,11-14,16-19,28-29H,5,10,15,20-22H2,1-4H3/p+1. The quantitative estimate of drug-likeness (QED) is 0.385. The number of carbonyl (C=O) groups excluding carboxylic acids is 1. The van der Waals surface area contributed by atoms with Gasteiger partial charge in [0.25, 0.3) is 5.91 Å². The van der Waals surface area contributed by atoms with Crippen LogP contribution in [0.25, 0.3) is 0 Å². The number of piperidine rings is 1. The number of rotatable bonds is 7. The Hall–Kier alpha value is -2.91. The van der Waals surface area contributed by atoms with Crippen LogP contribution in [-0.4, -0.2) is 29.5 Å². The number of nitrogens with zero attached hydrogens (tertiary/aromatic N) is 1. The molecule has 0 bridgehead atoms. The molecule has 1 amide bonds. The van der Waals surface area contributed by atoms with Gasteiger partial charge in [-0.15, -0.1) is 0 Å². The summed E-state index contributed by atoms with van der Waals surface area (Å²) < 4.78 is 0.815. The summed E-state index contributed by atoms with van der Waals surface area (Å²) in [6, 6.07) is 25.9. The van der Waals surface area contributed by atoms with E-state index in [0.717, 1.165) is 53.8 Å². The van der Waals surface area contributed by atoms with E-state index in [1.165, 1.54) is 23.1 Å². The molecule has 3 atom stereocenters. The first-order valence-corrected chi connectivity index (χ1v) is 12.7. The van der Waals surface area contributed by atoms with Crippen molar-refractivity contribution in [3.05, 3.63) is 101 Å². The molecular formula is C31H39N2O+. The molecule has 1 fully saturated rings. The summed E-state index contributed by atoms with van der Waals surface area (Å²) in [5.41, 5.74) is 7.20. The summed E-state index contributed by atoms with van der Waals surface area (Å²) in [7, 11) is 0. The number of hydrogen-bond donors (Lipinski definition) is 1. The maximum absolute atomic E-state index is 13.9. The number of benzene rings is 3. The number of amides is 1. The molecule has 1 heterocycles. The van der Waals surface area contributed by atoms with E-state index in [4.69, 9.17) is 0 Å². The van der Waals surface area contributed by atoms with Gasteiger partial charge in [0, 0.05) is 23.6 Å². The smallest absolute Gasteiger partial charge is 0.282 e. The first-order chi connectivity index (χ1) is 16.4. The number of anilines is 1. The second-order valence-corrected chi connectivity index (χ2v) is 10.2. The molecule has 3 aromatic rings. The van der Waals surface area contributed by atoms with Crippen molar-refractivity contribution in [1.82, 2.24) is 0 Å². The number of hydrogen-bond acceptors (Lipinski definition) is 1. The molecule has 1 aliphatic rings. The molecule has 0 saturated carbocycles. The Kier molecular flexibility index (Phi) is 7.53. The summed E-state index contributed by atoms with van der Waals surface area (Å²) in [6.45, 7) is 11.4. The maximum atomic E-state index is 13.9. The maximum Gasteiger partial charge on any atom is 0.282 e. The SMILES string of the molecule is CCC(C(=O)Nc1c(C)cccc1C)[N+]1(Cc2ccc(C)cc2)CCCC(c2ccccc2)C1. The van der Waals surface area contributed by atoms with Crippen LogP contribution in [0.3, 0.4) is 0 Å². The van der Waals surface area contributed by atoms with Gasteiger partial charge in [0.1, 0.15) is 6.54 Å². The van der Waals surface area contributed by atoms with Gasteiger partial charge in [-0.3, -0.25) is 4.79 Å². The van der Waals surface area contributed by atoms with E-state index >= 15 is 0 Å². The summed E-state index contributed by atoms with van der Waals surface area (Å²) in [5.74, 6) is 0.628. The van der Waals surface area contributed by atoms with Gasteiger partial charge in [0.05, 0.1) is 13.1 Å². The highest BCUT2D eigenvalue weighted by atomic mass is 16.2. The van der Waals surface area contributed by atoms with Crippen molar-refractivity contribution < 1.29 is 9.28 Å². The zero-order valence-corrected chi connectivity index (χ0v) is 21.2. The Morgan fingerprint density at radius 3 is 2.26 bits per heavy atom.